The number of hydrogen-bond acceptors (Lipinski definition) is 4. The maximum Gasteiger partial charge on any atom is 0.164 e. The van der Waals surface area contributed by atoms with Crippen LogP contribution in [0.5, 0.6) is 0 Å². The average molecular weight is 527 g/mol. The summed E-state index contributed by atoms with van der Waals surface area (Å²) in [6.45, 7) is 2.10. The maximum absolute atomic E-state index is 5.01. The Kier molecular flexibility index (Phi) is 6.34. The van der Waals surface area contributed by atoms with E-state index in [1.54, 1.807) is 0 Å². The maximum atomic E-state index is 5.01. The lowest BCUT2D eigenvalue weighted by atomic mass is 9.97. The Morgan fingerprint density at radius 2 is 0.902 bits per heavy atom. The third kappa shape index (κ3) is 5.11. The Morgan fingerprint density at radius 3 is 1.56 bits per heavy atom. The van der Waals surface area contributed by atoms with E-state index in [1.807, 2.05) is 78.9 Å². The van der Waals surface area contributed by atoms with E-state index < -0.39 is 0 Å². The van der Waals surface area contributed by atoms with Gasteiger partial charge in [0.2, 0.25) is 0 Å². The van der Waals surface area contributed by atoms with Gasteiger partial charge in [0.05, 0.1) is 11.2 Å². The van der Waals surface area contributed by atoms with Crippen molar-refractivity contribution in [3.05, 3.63) is 145 Å². The van der Waals surface area contributed by atoms with Gasteiger partial charge in [0.1, 0.15) is 0 Å². The number of hydrogen-bond donors (Lipinski definition) is 0. The Morgan fingerprint density at radius 1 is 0.366 bits per heavy atom. The topological polar surface area (TPSA) is 51.6 Å². The second-order valence-corrected chi connectivity index (χ2v) is 10.1. The molecule has 0 aliphatic carbocycles. The monoisotopic (exact) mass is 526 g/mol. The van der Waals surface area contributed by atoms with Gasteiger partial charge in [0.25, 0.3) is 0 Å². The Labute approximate surface area is 239 Å². The minimum atomic E-state index is 0.619. The van der Waals surface area contributed by atoms with Crippen molar-refractivity contribution in [2.75, 3.05) is 0 Å². The summed E-state index contributed by atoms with van der Waals surface area (Å²) in [6, 6.07) is 47.6. The molecule has 0 atom stereocenters. The fourth-order valence-electron chi connectivity index (χ4n) is 4.98. The van der Waals surface area contributed by atoms with Gasteiger partial charge in [-0.2, -0.15) is 0 Å². The van der Waals surface area contributed by atoms with E-state index in [2.05, 4.69) is 67.6 Å². The van der Waals surface area contributed by atoms with Crippen molar-refractivity contribution < 1.29 is 0 Å². The Balaban J connectivity index is 1.45. The zero-order valence-corrected chi connectivity index (χ0v) is 22.6. The molecule has 7 aromatic rings. The summed E-state index contributed by atoms with van der Waals surface area (Å²) in [5, 5.41) is 1.11. The van der Waals surface area contributed by atoms with Gasteiger partial charge in [-0.25, -0.2) is 19.9 Å². The second-order valence-electron chi connectivity index (χ2n) is 10.1. The fraction of sp³-hybridized carbons (Fsp3) is 0.0270. The highest BCUT2D eigenvalue weighted by Crippen LogP contribution is 2.33. The van der Waals surface area contributed by atoms with E-state index in [-0.39, 0.29) is 0 Å². The first kappa shape index (κ1) is 24.6. The molecule has 0 N–H and O–H groups in total. The molecule has 0 spiro atoms. The van der Waals surface area contributed by atoms with Crippen LogP contribution in [0.2, 0.25) is 0 Å². The quantitative estimate of drug-likeness (QED) is 0.224. The molecule has 0 fully saturated rings. The van der Waals surface area contributed by atoms with Crippen molar-refractivity contribution in [1.82, 2.24) is 19.9 Å². The molecule has 194 valence electrons. The number of nitrogens with zero attached hydrogens (tertiary/aromatic N) is 4. The molecule has 2 heterocycles. The number of fused-ring (bicyclic) bond motifs is 1. The Hall–Kier alpha value is -5.48. The third-order valence-corrected chi connectivity index (χ3v) is 7.17. The summed E-state index contributed by atoms with van der Waals surface area (Å²) in [5.74, 6) is 1.90. The molecule has 0 amide bonds. The average Bonchev–Trinajstić information content (AvgIpc) is 3.05. The van der Waals surface area contributed by atoms with Gasteiger partial charge in [0.15, 0.2) is 17.5 Å². The van der Waals surface area contributed by atoms with Crippen LogP contribution >= 0.6 is 0 Å². The zero-order chi connectivity index (χ0) is 27.6. The summed E-state index contributed by atoms with van der Waals surface area (Å²) >= 11 is 0. The number of para-hydroxylation sites is 1. The molecule has 0 unspecified atom stereocenters. The van der Waals surface area contributed by atoms with Gasteiger partial charge in [-0.3, -0.25) is 0 Å². The van der Waals surface area contributed by atoms with Crippen molar-refractivity contribution in [2.45, 2.75) is 6.92 Å². The van der Waals surface area contributed by atoms with Crippen LogP contribution in [-0.4, -0.2) is 19.9 Å². The van der Waals surface area contributed by atoms with Crippen LogP contribution in [0.3, 0.4) is 0 Å². The SMILES string of the molecule is Cc1ccc(-c2cc(-c3ccc4ccccc4n3)cc(-c3nc(-c4ccccc4)nc(-c4ccccc4)n3)c2)cc1. The van der Waals surface area contributed by atoms with Crippen LogP contribution in [0.4, 0.5) is 0 Å². The van der Waals surface area contributed by atoms with Crippen molar-refractivity contribution in [3.63, 3.8) is 0 Å². The molecular weight excluding hydrogens is 500 g/mol. The first-order chi connectivity index (χ1) is 20.2. The van der Waals surface area contributed by atoms with Gasteiger partial charge in [-0.15, -0.1) is 0 Å². The molecule has 0 aliphatic rings. The normalized spacial score (nSPS) is 11.0. The summed E-state index contributed by atoms with van der Waals surface area (Å²) in [7, 11) is 0. The van der Waals surface area contributed by atoms with Crippen LogP contribution < -0.4 is 0 Å². The van der Waals surface area contributed by atoms with E-state index >= 15 is 0 Å². The third-order valence-electron chi connectivity index (χ3n) is 7.17. The Bertz CT molecular complexity index is 1930. The summed E-state index contributed by atoms with van der Waals surface area (Å²) < 4.78 is 0. The molecule has 0 radical (unpaired) electrons. The lowest BCUT2D eigenvalue weighted by molar-refractivity contribution is 1.07. The van der Waals surface area contributed by atoms with Crippen molar-refractivity contribution >= 4 is 10.9 Å². The minimum absolute atomic E-state index is 0.619. The lowest BCUT2D eigenvalue weighted by Crippen LogP contribution is -2.00. The standard InChI is InChI=1S/C37H26N4/c1-25-16-18-26(19-17-25)30-22-31(34-21-20-27-10-8-9-15-33(27)38-34)24-32(23-30)37-40-35(28-11-4-2-5-12-28)39-36(41-37)29-13-6-3-7-14-29/h2-24H,1H3. The van der Waals surface area contributed by atoms with E-state index in [0.717, 1.165) is 50.0 Å². The number of pyridine rings is 1. The van der Waals surface area contributed by atoms with Crippen LogP contribution in [0.1, 0.15) is 5.56 Å². The molecule has 4 heteroatoms. The molecule has 41 heavy (non-hydrogen) atoms. The van der Waals surface area contributed by atoms with Crippen molar-refractivity contribution in [3.8, 4) is 56.5 Å². The number of rotatable bonds is 5. The number of aryl methyl sites for hydroxylation is 1. The van der Waals surface area contributed by atoms with Gasteiger partial charge in [0, 0.05) is 27.6 Å². The predicted molar refractivity (Wildman–Crippen MR) is 167 cm³/mol. The lowest BCUT2D eigenvalue weighted by Gasteiger charge is -2.12. The van der Waals surface area contributed by atoms with Crippen LogP contribution in [0, 0.1) is 6.92 Å². The zero-order valence-electron chi connectivity index (χ0n) is 22.6. The highest BCUT2D eigenvalue weighted by Gasteiger charge is 2.15. The molecule has 2 aromatic heterocycles. The fourth-order valence-corrected chi connectivity index (χ4v) is 4.98. The number of benzene rings is 5. The van der Waals surface area contributed by atoms with Gasteiger partial charge < -0.3 is 0 Å². The highest BCUT2D eigenvalue weighted by atomic mass is 15.0. The summed E-state index contributed by atoms with van der Waals surface area (Å²) in [4.78, 5) is 19.9. The molecular formula is C37H26N4. The molecule has 0 bridgehead atoms. The van der Waals surface area contributed by atoms with E-state index in [4.69, 9.17) is 19.9 Å². The molecule has 0 saturated heterocycles. The molecule has 5 aromatic carbocycles. The van der Waals surface area contributed by atoms with Crippen LogP contribution in [0.15, 0.2) is 140 Å². The highest BCUT2D eigenvalue weighted by molar-refractivity contribution is 5.84. The van der Waals surface area contributed by atoms with Crippen LogP contribution in [0.25, 0.3) is 67.5 Å². The van der Waals surface area contributed by atoms with E-state index in [9.17, 15) is 0 Å². The first-order valence-electron chi connectivity index (χ1n) is 13.7. The number of aromatic nitrogens is 4. The largest absolute Gasteiger partial charge is 0.248 e. The molecule has 0 saturated carbocycles. The smallest absolute Gasteiger partial charge is 0.164 e. The van der Waals surface area contributed by atoms with Crippen LogP contribution in [-0.2, 0) is 0 Å². The van der Waals surface area contributed by atoms with Crippen molar-refractivity contribution in [1.29, 1.82) is 0 Å². The predicted octanol–water partition coefficient (Wildman–Crippen LogP) is 9.06. The molecule has 7 rings (SSSR count). The van der Waals surface area contributed by atoms with E-state index in [0.29, 0.717) is 17.5 Å². The first-order valence-corrected chi connectivity index (χ1v) is 13.7. The summed E-state index contributed by atoms with van der Waals surface area (Å²) in [6.07, 6.45) is 0. The van der Waals surface area contributed by atoms with Gasteiger partial charge in [-0.05, 0) is 48.4 Å². The van der Waals surface area contributed by atoms with Crippen molar-refractivity contribution in [2.24, 2.45) is 0 Å². The second kappa shape index (κ2) is 10.6. The van der Waals surface area contributed by atoms with Gasteiger partial charge >= 0.3 is 0 Å². The minimum Gasteiger partial charge on any atom is -0.248 e. The van der Waals surface area contributed by atoms with E-state index in [1.165, 1.54) is 5.56 Å². The summed E-state index contributed by atoms with van der Waals surface area (Å²) in [5.41, 5.74) is 9.09. The molecule has 4 nitrogen and oxygen atoms in total. The van der Waals surface area contributed by atoms with Gasteiger partial charge in [-0.1, -0.05) is 115 Å². The molecule has 0 aliphatic heterocycles.